The number of aliphatic hydroxyl groups is 1. The van der Waals surface area contributed by atoms with Crippen LogP contribution in [0.2, 0.25) is 0 Å². The van der Waals surface area contributed by atoms with Gasteiger partial charge in [0.1, 0.15) is 0 Å². The molecule has 1 N–H and O–H groups in total. The van der Waals surface area contributed by atoms with Crippen LogP contribution in [0.25, 0.3) is 0 Å². The fourth-order valence-electron chi connectivity index (χ4n) is 1.30. The van der Waals surface area contributed by atoms with E-state index in [-0.39, 0.29) is 11.5 Å². The van der Waals surface area contributed by atoms with Crippen LogP contribution in [-0.4, -0.2) is 36.2 Å². The Morgan fingerprint density at radius 2 is 1.71 bits per heavy atom. The Balaban J connectivity index is 3.88. The van der Waals surface area contributed by atoms with E-state index in [0.717, 1.165) is 13.1 Å². The van der Waals surface area contributed by atoms with Gasteiger partial charge in [-0.05, 0) is 18.4 Å². The van der Waals surface area contributed by atoms with Gasteiger partial charge in [0.25, 0.3) is 0 Å². The SMILES string of the molecule is CCC(C)CN(C)CC(O)C(C)(C)C. The average molecular weight is 201 g/mol. The standard InChI is InChI=1S/C12H27NO/c1-7-10(2)8-13(6)9-11(14)12(3,4)5/h10-11,14H,7-9H2,1-6H3. The lowest BCUT2D eigenvalue weighted by Gasteiger charge is -2.30. The van der Waals surface area contributed by atoms with Gasteiger partial charge in [-0.1, -0.05) is 41.0 Å². The quantitative estimate of drug-likeness (QED) is 0.738. The minimum atomic E-state index is -0.239. The smallest absolute Gasteiger partial charge is 0.0715 e. The zero-order valence-corrected chi connectivity index (χ0v) is 10.7. The molecule has 0 spiro atoms. The van der Waals surface area contributed by atoms with Crippen molar-refractivity contribution in [2.24, 2.45) is 11.3 Å². The highest BCUT2D eigenvalue weighted by molar-refractivity contribution is 4.75. The maximum atomic E-state index is 9.90. The number of nitrogens with zero attached hydrogens (tertiary/aromatic N) is 1. The third kappa shape index (κ3) is 5.61. The Morgan fingerprint density at radius 3 is 2.07 bits per heavy atom. The van der Waals surface area contributed by atoms with Crippen LogP contribution in [0.5, 0.6) is 0 Å². The van der Waals surface area contributed by atoms with Gasteiger partial charge in [0, 0.05) is 13.1 Å². The molecule has 0 bridgehead atoms. The van der Waals surface area contributed by atoms with Gasteiger partial charge in [-0.2, -0.15) is 0 Å². The van der Waals surface area contributed by atoms with Gasteiger partial charge in [-0.3, -0.25) is 0 Å². The molecule has 14 heavy (non-hydrogen) atoms. The fraction of sp³-hybridized carbons (Fsp3) is 1.00. The summed E-state index contributed by atoms with van der Waals surface area (Å²) in [6, 6.07) is 0. The molecule has 2 nitrogen and oxygen atoms in total. The highest BCUT2D eigenvalue weighted by Gasteiger charge is 2.23. The third-order valence-electron chi connectivity index (χ3n) is 2.80. The van der Waals surface area contributed by atoms with E-state index < -0.39 is 0 Å². The summed E-state index contributed by atoms with van der Waals surface area (Å²) in [5, 5.41) is 9.90. The molecule has 0 radical (unpaired) electrons. The Hall–Kier alpha value is -0.0800. The van der Waals surface area contributed by atoms with E-state index in [0.29, 0.717) is 5.92 Å². The zero-order valence-electron chi connectivity index (χ0n) is 10.7. The lowest BCUT2D eigenvalue weighted by molar-refractivity contribution is 0.0320. The molecule has 0 aromatic heterocycles. The van der Waals surface area contributed by atoms with E-state index >= 15 is 0 Å². The maximum Gasteiger partial charge on any atom is 0.0715 e. The highest BCUT2D eigenvalue weighted by Crippen LogP contribution is 2.19. The molecule has 0 saturated heterocycles. The summed E-state index contributed by atoms with van der Waals surface area (Å²) in [4.78, 5) is 2.23. The largest absolute Gasteiger partial charge is 0.391 e. The van der Waals surface area contributed by atoms with E-state index in [4.69, 9.17) is 0 Å². The van der Waals surface area contributed by atoms with E-state index in [1.807, 2.05) is 0 Å². The van der Waals surface area contributed by atoms with Crippen molar-refractivity contribution in [2.75, 3.05) is 20.1 Å². The molecule has 2 unspecified atom stereocenters. The minimum Gasteiger partial charge on any atom is -0.391 e. The summed E-state index contributed by atoms with van der Waals surface area (Å²) in [6.45, 7) is 12.5. The molecule has 2 heteroatoms. The maximum absolute atomic E-state index is 9.90. The molecule has 0 saturated carbocycles. The summed E-state index contributed by atoms with van der Waals surface area (Å²) >= 11 is 0. The lowest BCUT2D eigenvalue weighted by atomic mass is 9.89. The summed E-state index contributed by atoms with van der Waals surface area (Å²) in [5.74, 6) is 0.715. The predicted octanol–water partition coefficient (Wildman–Crippen LogP) is 2.37. The molecule has 0 aliphatic heterocycles. The van der Waals surface area contributed by atoms with E-state index in [9.17, 15) is 5.11 Å². The molecule has 0 aromatic carbocycles. The highest BCUT2D eigenvalue weighted by atomic mass is 16.3. The van der Waals surface area contributed by atoms with Crippen LogP contribution in [0.3, 0.4) is 0 Å². The van der Waals surface area contributed by atoms with E-state index in [1.54, 1.807) is 0 Å². The van der Waals surface area contributed by atoms with Gasteiger partial charge in [-0.25, -0.2) is 0 Å². The number of hydrogen-bond acceptors (Lipinski definition) is 2. The molecule has 0 amide bonds. The summed E-state index contributed by atoms with van der Waals surface area (Å²) in [7, 11) is 2.08. The molecule has 86 valence electrons. The van der Waals surface area contributed by atoms with Crippen molar-refractivity contribution >= 4 is 0 Å². The van der Waals surface area contributed by atoms with E-state index in [2.05, 4.69) is 46.6 Å². The molecule has 0 aliphatic carbocycles. The van der Waals surface area contributed by atoms with Gasteiger partial charge in [0.15, 0.2) is 0 Å². The Bertz CT molecular complexity index is 151. The summed E-state index contributed by atoms with van der Waals surface area (Å²) in [6.07, 6.45) is 0.965. The molecular formula is C12H27NO. The van der Waals surface area contributed by atoms with Crippen molar-refractivity contribution in [3.8, 4) is 0 Å². The Kier molecular flexibility index (Phi) is 5.68. The van der Waals surface area contributed by atoms with Crippen molar-refractivity contribution in [1.82, 2.24) is 4.90 Å². The molecular weight excluding hydrogens is 174 g/mol. The van der Waals surface area contributed by atoms with Crippen LogP contribution in [0.15, 0.2) is 0 Å². The molecule has 0 fully saturated rings. The summed E-state index contributed by atoms with van der Waals surface area (Å²) in [5.41, 5.74) is -0.0102. The topological polar surface area (TPSA) is 23.5 Å². The third-order valence-corrected chi connectivity index (χ3v) is 2.80. The van der Waals surface area contributed by atoms with Gasteiger partial charge >= 0.3 is 0 Å². The first-order valence-corrected chi connectivity index (χ1v) is 5.64. The predicted molar refractivity (Wildman–Crippen MR) is 62.4 cm³/mol. The van der Waals surface area contributed by atoms with Gasteiger partial charge in [0.2, 0.25) is 0 Å². The van der Waals surface area contributed by atoms with Crippen molar-refractivity contribution in [1.29, 1.82) is 0 Å². The number of aliphatic hydroxyl groups excluding tert-OH is 1. The van der Waals surface area contributed by atoms with Crippen molar-refractivity contribution < 1.29 is 5.11 Å². The second kappa shape index (κ2) is 5.72. The lowest BCUT2D eigenvalue weighted by Crippen LogP contribution is -2.39. The van der Waals surface area contributed by atoms with Crippen LogP contribution in [0, 0.1) is 11.3 Å². The fourth-order valence-corrected chi connectivity index (χ4v) is 1.30. The average Bonchev–Trinajstić information content (AvgIpc) is 2.02. The second-order valence-corrected chi connectivity index (χ2v) is 5.62. The van der Waals surface area contributed by atoms with Gasteiger partial charge in [0.05, 0.1) is 6.10 Å². The monoisotopic (exact) mass is 201 g/mol. The molecule has 0 rings (SSSR count). The number of rotatable bonds is 5. The van der Waals surface area contributed by atoms with Crippen LogP contribution < -0.4 is 0 Å². The first kappa shape index (κ1) is 13.9. The molecule has 2 atom stereocenters. The van der Waals surface area contributed by atoms with Crippen LogP contribution >= 0.6 is 0 Å². The minimum absolute atomic E-state index is 0.0102. The van der Waals surface area contributed by atoms with Crippen molar-refractivity contribution in [3.05, 3.63) is 0 Å². The normalized spacial score (nSPS) is 17.1. The van der Waals surface area contributed by atoms with Gasteiger partial charge < -0.3 is 10.0 Å². The van der Waals surface area contributed by atoms with Crippen LogP contribution in [0.1, 0.15) is 41.0 Å². The summed E-state index contributed by atoms with van der Waals surface area (Å²) < 4.78 is 0. The Morgan fingerprint density at radius 1 is 1.21 bits per heavy atom. The molecule has 0 heterocycles. The number of hydrogen-bond donors (Lipinski definition) is 1. The van der Waals surface area contributed by atoms with E-state index in [1.165, 1.54) is 6.42 Å². The second-order valence-electron chi connectivity index (χ2n) is 5.62. The number of likely N-dealkylation sites (N-methyl/N-ethyl adjacent to an activating group) is 1. The van der Waals surface area contributed by atoms with Crippen LogP contribution in [0.4, 0.5) is 0 Å². The zero-order chi connectivity index (χ0) is 11.4. The molecule has 0 aromatic rings. The van der Waals surface area contributed by atoms with Crippen molar-refractivity contribution in [3.63, 3.8) is 0 Å². The first-order valence-electron chi connectivity index (χ1n) is 5.64. The Labute approximate surface area is 89.3 Å². The van der Waals surface area contributed by atoms with Gasteiger partial charge in [-0.15, -0.1) is 0 Å². The first-order chi connectivity index (χ1) is 6.27. The van der Waals surface area contributed by atoms with Crippen molar-refractivity contribution in [2.45, 2.75) is 47.1 Å². The van der Waals surface area contributed by atoms with Crippen LogP contribution in [-0.2, 0) is 0 Å². The molecule has 0 aliphatic rings.